The highest BCUT2D eigenvalue weighted by atomic mass is 35.5. The van der Waals surface area contributed by atoms with E-state index in [1.165, 1.54) is 22.8 Å². The third kappa shape index (κ3) is 3.88. The molecule has 0 bridgehead atoms. The largest absolute Gasteiger partial charge is 0.341 e. The van der Waals surface area contributed by atoms with Crippen LogP contribution in [0.2, 0.25) is 5.02 Å². The molecule has 0 atom stereocenters. The second kappa shape index (κ2) is 6.62. The zero-order valence-corrected chi connectivity index (χ0v) is 12.4. The molecule has 20 heavy (non-hydrogen) atoms. The smallest absolute Gasteiger partial charge is 0.233 e. The summed E-state index contributed by atoms with van der Waals surface area (Å²) in [6.07, 6.45) is 1.39. The van der Waals surface area contributed by atoms with E-state index < -0.39 is 0 Å². The molecule has 0 aliphatic heterocycles. The fraction of sp³-hybridized carbons (Fsp3) is 0.250. The number of nitrogens with zero attached hydrogens (tertiary/aromatic N) is 4. The third-order valence-electron chi connectivity index (χ3n) is 2.62. The number of carbonyl (C=O) groups is 1. The van der Waals surface area contributed by atoms with Crippen LogP contribution in [0.25, 0.3) is 0 Å². The normalized spacial score (nSPS) is 10.5. The van der Waals surface area contributed by atoms with E-state index in [0.29, 0.717) is 16.7 Å². The minimum Gasteiger partial charge on any atom is -0.341 e. The van der Waals surface area contributed by atoms with Crippen molar-refractivity contribution in [3.8, 4) is 0 Å². The van der Waals surface area contributed by atoms with Crippen LogP contribution in [0.4, 0.5) is 0 Å². The highest BCUT2D eigenvalue weighted by molar-refractivity contribution is 7.99. The first-order valence-electron chi connectivity index (χ1n) is 5.82. The number of carbonyl (C=O) groups excluding carboxylic acids is 1. The van der Waals surface area contributed by atoms with Crippen LogP contribution in [0.15, 0.2) is 35.7 Å². The summed E-state index contributed by atoms with van der Waals surface area (Å²) < 4.78 is 1.29. The summed E-state index contributed by atoms with van der Waals surface area (Å²) in [4.78, 5) is 13.6. The zero-order chi connectivity index (χ0) is 14.5. The summed E-state index contributed by atoms with van der Waals surface area (Å²) >= 11 is 7.08. The molecule has 8 heteroatoms. The van der Waals surface area contributed by atoms with Crippen molar-refractivity contribution in [2.75, 3.05) is 18.6 Å². The number of nitrogens with two attached hydrogens (primary N) is 1. The average molecular weight is 312 g/mol. The van der Waals surface area contributed by atoms with Gasteiger partial charge >= 0.3 is 0 Å². The highest BCUT2D eigenvalue weighted by Gasteiger charge is 2.12. The maximum atomic E-state index is 12.0. The Balaban J connectivity index is 1.86. The number of halogens is 1. The monoisotopic (exact) mass is 311 g/mol. The first kappa shape index (κ1) is 14.7. The van der Waals surface area contributed by atoms with E-state index in [-0.39, 0.29) is 11.7 Å². The summed E-state index contributed by atoms with van der Waals surface area (Å²) in [6, 6.07) is 7.41. The number of aromatic nitrogens is 3. The van der Waals surface area contributed by atoms with Gasteiger partial charge < -0.3 is 10.7 Å². The molecule has 106 valence electrons. The van der Waals surface area contributed by atoms with Crippen LogP contribution in [0.3, 0.4) is 0 Å². The van der Waals surface area contributed by atoms with Crippen LogP contribution in [0.1, 0.15) is 5.56 Å². The molecule has 2 aromatic rings. The standard InChI is InChI=1S/C12H14ClN5OS/c1-17(6-9-2-4-10(13)5-3-9)11(19)7-20-12-16-15-8-18(12)14/h2-5,8H,6-7,14H2,1H3. The molecule has 1 heterocycles. The Morgan fingerprint density at radius 1 is 1.45 bits per heavy atom. The molecule has 0 spiro atoms. The van der Waals surface area contributed by atoms with Gasteiger partial charge in [-0.25, -0.2) is 4.68 Å². The Bertz CT molecular complexity index is 586. The Morgan fingerprint density at radius 2 is 2.15 bits per heavy atom. The van der Waals surface area contributed by atoms with Gasteiger partial charge in [-0.1, -0.05) is 35.5 Å². The average Bonchev–Trinajstić information content (AvgIpc) is 2.84. The molecule has 0 radical (unpaired) electrons. The second-order valence-corrected chi connectivity index (χ2v) is 5.56. The summed E-state index contributed by atoms with van der Waals surface area (Å²) in [6.45, 7) is 0.534. The molecule has 1 aromatic heterocycles. The van der Waals surface area contributed by atoms with Crippen molar-refractivity contribution >= 4 is 29.3 Å². The van der Waals surface area contributed by atoms with Crippen molar-refractivity contribution in [3.05, 3.63) is 41.2 Å². The van der Waals surface area contributed by atoms with E-state index >= 15 is 0 Å². The molecule has 1 amide bonds. The van der Waals surface area contributed by atoms with Gasteiger partial charge in [0.1, 0.15) is 6.33 Å². The molecule has 0 aliphatic rings. The molecule has 2 N–H and O–H groups in total. The summed E-state index contributed by atoms with van der Waals surface area (Å²) in [5.41, 5.74) is 1.03. The van der Waals surface area contributed by atoms with Crippen LogP contribution in [-0.2, 0) is 11.3 Å². The van der Waals surface area contributed by atoms with Gasteiger partial charge in [-0.05, 0) is 17.7 Å². The van der Waals surface area contributed by atoms with Crippen molar-refractivity contribution in [2.45, 2.75) is 11.7 Å². The van der Waals surface area contributed by atoms with Crippen LogP contribution < -0.4 is 5.84 Å². The van der Waals surface area contributed by atoms with Crippen LogP contribution in [0, 0.1) is 0 Å². The maximum absolute atomic E-state index is 12.0. The van der Waals surface area contributed by atoms with E-state index in [1.54, 1.807) is 24.1 Å². The SMILES string of the molecule is CN(Cc1ccc(Cl)cc1)C(=O)CSc1nncn1N. The summed E-state index contributed by atoms with van der Waals surface area (Å²) in [7, 11) is 1.75. The van der Waals surface area contributed by atoms with Gasteiger partial charge in [0.05, 0.1) is 5.75 Å². The molecule has 0 saturated carbocycles. The lowest BCUT2D eigenvalue weighted by atomic mass is 10.2. The summed E-state index contributed by atoms with van der Waals surface area (Å²) in [5, 5.41) is 8.65. The van der Waals surface area contributed by atoms with E-state index in [1.807, 2.05) is 12.1 Å². The van der Waals surface area contributed by atoms with Gasteiger partial charge in [-0.2, -0.15) is 0 Å². The number of rotatable bonds is 5. The van der Waals surface area contributed by atoms with Gasteiger partial charge in [0.25, 0.3) is 0 Å². The Morgan fingerprint density at radius 3 is 2.75 bits per heavy atom. The Hall–Kier alpha value is -1.73. The molecule has 0 fully saturated rings. The molecule has 6 nitrogen and oxygen atoms in total. The number of amides is 1. The Kier molecular flexibility index (Phi) is 4.86. The van der Waals surface area contributed by atoms with Gasteiger partial charge in [-0.3, -0.25) is 4.79 Å². The summed E-state index contributed by atoms with van der Waals surface area (Å²) in [5.74, 6) is 5.83. The molecular weight excluding hydrogens is 298 g/mol. The van der Waals surface area contributed by atoms with Gasteiger partial charge in [-0.15, -0.1) is 10.2 Å². The van der Waals surface area contributed by atoms with Crippen molar-refractivity contribution in [2.24, 2.45) is 0 Å². The fourth-order valence-electron chi connectivity index (χ4n) is 1.52. The number of thioether (sulfide) groups is 1. The molecule has 0 unspecified atom stereocenters. The molecular formula is C12H14ClN5OS. The zero-order valence-electron chi connectivity index (χ0n) is 10.9. The fourth-order valence-corrected chi connectivity index (χ4v) is 2.42. The molecule has 1 aromatic carbocycles. The minimum atomic E-state index is -0.00653. The lowest BCUT2D eigenvalue weighted by Gasteiger charge is -2.16. The van der Waals surface area contributed by atoms with E-state index in [9.17, 15) is 4.79 Å². The maximum Gasteiger partial charge on any atom is 0.233 e. The first-order chi connectivity index (χ1) is 9.56. The van der Waals surface area contributed by atoms with E-state index in [0.717, 1.165) is 5.56 Å². The number of hydrogen-bond donors (Lipinski definition) is 1. The van der Waals surface area contributed by atoms with Crippen molar-refractivity contribution in [3.63, 3.8) is 0 Å². The van der Waals surface area contributed by atoms with Crippen LogP contribution in [0.5, 0.6) is 0 Å². The van der Waals surface area contributed by atoms with Gasteiger partial charge in [0.15, 0.2) is 0 Å². The minimum absolute atomic E-state index is 0.00653. The van der Waals surface area contributed by atoms with Gasteiger partial charge in [0.2, 0.25) is 11.1 Å². The van der Waals surface area contributed by atoms with Gasteiger partial charge in [0, 0.05) is 18.6 Å². The third-order valence-corrected chi connectivity index (χ3v) is 3.82. The highest BCUT2D eigenvalue weighted by Crippen LogP contribution is 2.14. The predicted octanol–water partition coefficient (Wildman–Crippen LogP) is 1.40. The van der Waals surface area contributed by atoms with Crippen molar-refractivity contribution in [1.82, 2.24) is 19.8 Å². The van der Waals surface area contributed by atoms with Crippen molar-refractivity contribution < 1.29 is 4.79 Å². The Labute approximate surface area is 125 Å². The number of nitrogen functional groups attached to an aromatic ring is 1. The van der Waals surface area contributed by atoms with Crippen molar-refractivity contribution in [1.29, 1.82) is 0 Å². The van der Waals surface area contributed by atoms with Crippen LogP contribution >= 0.6 is 23.4 Å². The lowest BCUT2D eigenvalue weighted by Crippen LogP contribution is -2.28. The molecule has 2 rings (SSSR count). The number of benzene rings is 1. The van der Waals surface area contributed by atoms with E-state index in [2.05, 4.69) is 10.2 Å². The molecule has 0 saturated heterocycles. The quantitative estimate of drug-likeness (QED) is 0.667. The van der Waals surface area contributed by atoms with E-state index in [4.69, 9.17) is 17.4 Å². The predicted molar refractivity (Wildman–Crippen MR) is 78.8 cm³/mol. The number of hydrogen-bond acceptors (Lipinski definition) is 5. The second-order valence-electron chi connectivity index (χ2n) is 4.19. The topological polar surface area (TPSA) is 77.0 Å². The molecule has 0 aliphatic carbocycles. The first-order valence-corrected chi connectivity index (χ1v) is 7.19. The van der Waals surface area contributed by atoms with Crippen LogP contribution in [-0.4, -0.2) is 38.5 Å². The lowest BCUT2D eigenvalue weighted by molar-refractivity contribution is -0.127.